The fourth-order valence-corrected chi connectivity index (χ4v) is 3.90. The average molecular weight is 418 g/mol. The highest BCUT2D eigenvalue weighted by molar-refractivity contribution is 6.09. The summed E-state index contributed by atoms with van der Waals surface area (Å²) < 4.78 is 0. The summed E-state index contributed by atoms with van der Waals surface area (Å²) in [4.78, 5) is 43.6. The number of aldehydes is 4. The van der Waals surface area contributed by atoms with E-state index in [9.17, 15) is 19.2 Å². The predicted molar refractivity (Wildman–Crippen MR) is 127 cm³/mol. The highest BCUT2D eigenvalue weighted by Crippen LogP contribution is 2.26. The van der Waals surface area contributed by atoms with E-state index in [-0.39, 0.29) is 0 Å². The predicted octanol–water partition coefficient (Wildman–Crippen LogP) is 6.08. The number of fused-ring (bicyclic) bond motifs is 3. The summed E-state index contributed by atoms with van der Waals surface area (Å²) in [5.41, 5.74) is 2.42. The quantitative estimate of drug-likeness (QED) is 0.262. The standard InChI is InChI=1S/C16H10O2.C12H8O2/c17-9-13-5-1-3-11-7-12-4-2-6-14(10-18)16(12)8-15(11)13;13-7-10-5-1-3-9-4-2-6-11(8-14)12(9)10/h1-10H;1-8H. The molecule has 0 fully saturated rings. The molecule has 0 aromatic heterocycles. The smallest absolute Gasteiger partial charge is 0.150 e. The Hall–Kier alpha value is -4.44. The van der Waals surface area contributed by atoms with Gasteiger partial charge in [0.05, 0.1) is 0 Å². The number of rotatable bonds is 4. The van der Waals surface area contributed by atoms with Crippen molar-refractivity contribution in [2.45, 2.75) is 0 Å². The van der Waals surface area contributed by atoms with Crippen LogP contribution in [0.5, 0.6) is 0 Å². The summed E-state index contributed by atoms with van der Waals surface area (Å²) in [6.07, 6.45) is 3.24. The second-order valence-corrected chi connectivity index (χ2v) is 7.25. The van der Waals surface area contributed by atoms with Crippen molar-refractivity contribution in [3.8, 4) is 0 Å². The molecule has 0 spiro atoms. The Labute approximate surface area is 184 Å². The van der Waals surface area contributed by atoms with Gasteiger partial charge in [0.25, 0.3) is 0 Å². The van der Waals surface area contributed by atoms with E-state index in [1.165, 1.54) is 0 Å². The maximum atomic E-state index is 11.0. The normalized spacial score (nSPS) is 10.4. The molecule has 32 heavy (non-hydrogen) atoms. The van der Waals surface area contributed by atoms with Crippen molar-refractivity contribution in [3.05, 3.63) is 107 Å². The molecular formula is C28H18O4. The van der Waals surface area contributed by atoms with Gasteiger partial charge in [0.15, 0.2) is 25.1 Å². The maximum absolute atomic E-state index is 11.0. The Kier molecular flexibility index (Phi) is 5.95. The zero-order valence-electron chi connectivity index (χ0n) is 17.0. The minimum Gasteiger partial charge on any atom is -0.298 e. The topological polar surface area (TPSA) is 68.3 Å². The van der Waals surface area contributed by atoms with Gasteiger partial charge in [-0.1, -0.05) is 72.8 Å². The first-order valence-corrected chi connectivity index (χ1v) is 9.98. The molecule has 0 aliphatic heterocycles. The van der Waals surface area contributed by atoms with Gasteiger partial charge in [-0.3, -0.25) is 19.2 Å². The molecule has 0 N–H and O–H groups in total. The van der Waals surface area contributed by atoms with Gasteiger partial charge in [-0.2, -0.15) is 0 Å². The molecule has 0 radical (unpaired) electrons. The summed E-state index contributed by atoms with van der Waals surface area (Å²) in [5, 5.41) is 5.44. The third kappa shape index (κ3) is 3.82. The Morgan fingerprint density at radius 3 is 1.19 bits per heavy atom. The van der Waals surface area contributed by atoms with Crippen molar-refractivity contribution < 1.29 is 19.2 Å². The first kappa shape index (κ1) is 20.8. The van der Waals surface area contributed by atoms with Crippen LogP contribution < -0.4 is 0 Å². The van der Waals surface area contributed by atoms with E-state index >= 15 is 0 Å². The van der Waals surface area contributed by atoms with Crippen LogP contribution in [0.25, 0.3) is 32.3 Å². The van der Waals surface area contributed by atoms with Crippen molar-refractivity contribution >= 4 is 57.5 Å². The molecule has 4 heteroatoms. The van der Waals surface area contributed by atoms with E-state index in [0.29, 0.717) is 22.3 Å². The second kappa shape index (κ2) is 9.14. The van der Waals surface area contributed by atoms with Crippen molar-refractivity contribution in [1.29, 1.82) is 0 Å². The molecule has 0 amide bonds. The van der Waals surface area contributed by atoms with Gasteiger partial charge in [-0.25, -0.2) is 0 Å². The summed E-state index contributed by atoms with van der Waals surface area (Å²) in [6.45, 7) is 0. The van der Waals surface area contributed by atoms with Crippen LogP contribution in [0.1, 0.15) is 41.4 Å². The Morgan fingerprint density at radius 2 is 0.781 bits per heavy atom. The molecule has 0 saturated carbocycles. The van der Waals surface area contributed by atoms with Gasteiger partial charge in [0.2, 0.25) is 0 Å². The van der Waals surface area contributed by atoms with Crippen molar-refractivity contribution in [2.24, 2.45) is 0 Å². The minimum atomic E-state index is 0.560. The first-order chi connectivity index (χ1) is 15.7. The molecule has 5 aromatic rings. The van der Waals surface area contributed by atoms with Crippen molar-refractivity contribution in [1.82, 2.24) is 0 Å². The van der Waals surface area contributed by atoms with Gasteiger partial charge in [-0.05, 0) is 39.1 Å². The lowest BCUT2D eigenvalue weighted by Gasteiger charge is -2.06. The van der Waals surface area contributed by atoms with Crippen LogP contribution >= 0.6 is 0 Å². The Balaban J connectivity index is 0.000000158. The summed E-state index contributed by atoms with van der Waals surface area (Å²) in [6, 6.07) is 25.9. The molecule has 5 rings (SSSR count). The lowest BCUT2D eigenvalue weighted by atomic mass is 9.98. The average Bonchev–Trinajstić information content (AvgIpc) is 2.86. The number of benzene rings is 5. The number of carbonyl (C=O) groups is 4. The van der Waals surface area contributed by atoms with Gasteiger partial charge < -0.3 is 0 Å². The Morgan fingerprint density at radius 1 is 0.406 bits per heavy atom. The van der Waals surface area contributed by atoms with E-state index in [0.717, 1.165) is 57.5 Å². The molecule has 0 bridgehead atoms. The van der Waals surface area contributed by atoms with Gasteiger partial charge in [0.1, 0.15) is 0 Å². The zero-order chi connectivity index (χ0) is 22.5. The van der Waals surface area contributed by atoms with E-state index in [1.807, 2.05) is 48.5 Å². The highest BCUT2D eigenvalue weighted by Gasteiger charge is 2.05. The third-order valence-corrected chi connectivity index (χ3v) is 5.42. The fraction of sp³-hybridized carbons (Fsp3) is 0. The zero-order valence-corrected chi connectivity index (χ0v) is 17.0. The van der Waals surface area contributed by atoms with Crippen LogP contribution in [0.3, 0.4) is 0 Å². The third-order valence-electron chi connectivity index (χ3n) is 5.42. The highest BCUT2D eigenvalue weighted by atomic mass is 16.1. The maximum Gasteiger partial charge on any atom is 0.150 e. The molecular weight excluding hydrogens is 400 g/mol. The second-order valence-electron chi connectivity index (χ2n) is 7.25. The van der Waals surface area contributed by atoms with Gasteiger partial charge >= 0.3 is 0 Å². The minimum absolute atomic E-state index is 0.560. The summed E-state index contributed by atoms with van der Waals surface area (Å²) >= 11 is 0. The molecule has 4 nitrogen and oxygen atoms in total. The van der Waals surface area contributed by atoms with E-state index < -0.39 is 0 Å². The van der Waals surface area contributed by atoms with Crippen LogP contribution in [0.15, 0.2) is 84.9 Å². The molecule has 0 heterocycles. The molecule has 0 saturated heterocycles. The molecule has 0 aliphatic carbocycles. The van der Waals surface area contributed by atoms with Crippen molar-refractivity contribution in [2.75, 3.05) is 0 Å². The molecule has 5 aromatic carbocycles. The summed E-state index contributed by atoms with van der Waals surface area (Å²) in [5.74, 6) is 0. The van der Waals surface area contributed by atoms with Crippen molar-refractivity contribution in [3.63, 3.8) is 0 Å². The molecule has 154 valence electrons. The van der Waals surface area contributed by atoms with Crippen LogP contribution in [-0.2, 0) is 0 Å². The fourth-order valence-electron chi connectivity index (χ4n) is 3.90. The SMILES string of the molecule is O=Cc1cccc2cc3cccc(C=O)c3cc12.O=Cc1cccc2cccc(C=O)c12. The molecule has 0 atom stereocenters. The van der Waals surface area contributed by atoms with Gasteiger partial charge in [-0.15, -0.1) is 0 Å². The van der Waals surface area contributed by atoms with Gasteiger partial charge in [0, 0.05) is 27.6 Å². The van der Waals surface area contributed by atoms with Crippen LogP contribution in [-0.4, -0.2) is 25.1 Å². The number of carbonyl (C=O) groups excluding carboxylic acids is 4. The number of hydrogen-bond acceptors (Lipinski definition) is 4. The lowest BCUT2D eigenvalue weighted by Crippen LogP contribution is -1.88. The first-order valence-electron chi connectivity index (χ1n) is 9.98. The van der Waals surface area contributed by atoms with E-state index in [2.05, 4.69) is 0 Å². The number of hydrogen-bond donors (Lipinski definition) is 0. The molecule has 0 unspecified atom stereocenters. The molecule has 0 aliphatic rings. The monoisotopic (exact) mass is 418 g/mol. The van der Waals surface area contributed by atoms with E-state index in [4.69, 9.17) is 0 Å². The largest absolute Gasteiger partial charge is 0.298 e. The lowest BCUT2D eigenvalue weighted by molar-refractivity contribution is 0.111. The van der Waals surface area contributed by atoms with Crippen LogP contribution in [0.4, 0.5) is 0 Å². The Bertz CT molecular complexity index is 1390. The van der Waals surface area contributed by atoms with E-state index in [1.54, 1.807) is 36.4 Å². The summed E-state index contributed by atoms with van der Waals surface area (Å²) in [7, 11) is 0. The van der Waals surface area contributed by atoms with Crippen LogP contribution in [0, 0.1) is 0 Å². The van der Waals surface area contributed by atoms with Crippen LogP contribution in [0.2, 0.25) is 0 Å².